The minimum Gasteiger partial charge on any atom is -0.0882 e. The minimum absolute atomic E-state index is 0.445. The molecule has 0 bridgehead atoms. The van der Waals surface area contributed by atoms with E-state index >= 15 is 0 Å². The zero-order valence-electron chi connectivity index (χ0n) is 13.7. The Hall–Kier alpha value is -0.260. The molecule has 18 heavy (non-hydrogen) atoms. The summed E-state index contributed by atoms with van der Waals surface area (Å²) in [6.07, 6.45) is 7.91. The second-order valence-electron chi connectivity index (χ2n) is 7.59. The zero-order valence-corrected chi connectivity index (χ0v) is 13.7. The standard InChI is InChI=1S/C18H34/c1-8-10-17-13(3)11-16(12-15(17)9-2)14(4)18(5,6)7/h9,13-14,16-17H,8,10-12H2,1-7H3/b15-9-. The molecule has 0 N–H and O–H groups in total. The first-order chi connectivity index (χ1) is 8.31. The van der Waals surface area contributed by atoms with Crippen molar-refractivity contribution in [1.29, 1.82) is 0 Å². The summed E-state index contributed by atoms with van der Waals surface area (Å²) in [6.45, 7) is 16.7. The molecule has 0 heteroatoms. The van der Waals surface area contributed by atoms with E-state index in [-0.39, 0.29) is 0 Å². The molecule has 106 valence electrons. The molecule has 0 amide bonds. The van der Waals surface area contributed by atoms with Gasteiger partial charge in [-0.2, -0.15) is 0 Å². The number of hydrogen-bond acceptors (Lipinski definition) is 0. The highest BCUT2D eigenvalue weighted by Gasteiger charge is 2.36. The number of rotatable bonds is 3. The van der Waals surface area contributed by atoms with Crippen LogP contribution >= 0.6 is 0 Å². The van der Waals surface area contributed by atoms with E-state index in [1.54, 1.807) is 5.57 Å². The van der Waals surface area contributed by atoms with Crippen molar-refractivity contribution >= 4 is 0 Å². The molecule has 0 saturated heterocycles. The molecular formula is C18H34. The molecule has 4 unspecified atom stereocenters. The van der Waals surface area contributed by atoms with Crippen molar-refractivity contribution < 1.29 is 0 Å². The van der Waals surface area contributed by atoms with Crippen molar-refractivity contribution in [3.63, 3.8) is 0 Å². The Morgan fingerprint density at radius 2 is 1.94 bits per heavy atom. The van der Waals surface area contributed by atoms with Crippen molar-refractivity contribution in [2.45, 2.75) is 74.1 Å². The van der Waals surface area contributed by atoms with Gasteiger partial charge in [-0.3, -0.25) is 0 Å². The third kappa shape index (κ3) is 3.62. The fraction of sp³-hybridized carbons (Fsp3) is 0.889. The molecule has 0 aromatic rings. The molecule has 1 saturated carbocycles. The van der Waals surface area contributed by atoms with Crippen LogP contribution in [0.15, 0.2) is 11.6 Å². The first-order valence-corrected chi connectivity index (χ1v) is 7.96. The van der Waals surface area contributed by atoms with Gasteiger partial charge in [-0.15, -0.1) is 0 Å². The molecule has 0 spiro atoms. The Morgan fingerprint density at radius 3 is 2.39 bits per heavy atom. The quantitative estimate of drug-likeness (QED) is 0.533. The van der Waals surface area contributed by atoms with Crippen molar-refractivity contribution in [1.82, 2.24) is 0 Å². The van der Waals surface area contributed by atoms with E-state index in [9.17, 15) is 0 Å². The minimum atomic E-state index is 0.445. The van der Waals surface area contributed by atoms with Gasteiger partial charge in [0.05, 0.1) is 0 Å². The molecule has 0 radical (unpaired) electrons. The van der Waals surface area contributed by atoms with E-state index in [1.165, 1.54) is 25.7 Å². The molecule has 1 aliphatic rings. The van der Waals surface area contributed by atoms with Gasteiger partial charge in [0.1, 0.15) is 0 Å². The highest BCUT2D eigenvalue weighted by atomic mass is 14.4. The number of hydrogen-bond donors (Lipinski definition) is 0. The van der Waals surface area contributed by atoms with Crippen LogP contribution in [0.3, 0.4) is 0 Å². The third-order valence-corrected chi connectivity index (χ3v) is 5.38. The average molecular weight is 250 g/mol. The Morgan fingerprint density at radius 1 is 1.33 bits per heavy atom. The van der Waals surface area contributed by atoms with Crippen LogP contribution in [0, 0.1) is 29.1 Å². The summed E-state index contributed by atoms with van der Waals surface area (Å²) in [6, 6.07) is 0. The van der Waals surface area contributed by atoms with Gasteiger partial charge in [0.15, 0.2) is 0 Å². The van der Waals surface area contributed by atoms with Crippen molar-refractivity contribution in [3.8, 4) is 0 Å². The van der Waals surface area contributed by atoms with Gasteiger partial charge < -0.3 is 0 Å². The maximum absolute atomic E-state index is 2.48. The summed E-state index contributed by atoms with van der Waals surface area (Å²) in [4.78, 5) is 0. The summed E-state index contributed by atoms with van der Waals surface area (Å²) < 4.78 is 0. The van der Waals surface area contributed by atoms with Crippen LogP contribution in [-0.4, -0.2) is 0 Å². The Labute approximate surface area is 115 Å². The molecule has 0 heterocycles. The SMILES string of the molecule is C/C=C1/CC(C(C)C(C)(C)C)CC(C)C1CCC. The van der Waals surface area contributed by atoms with Crippen LogP contribution in [0.4, 0.5) is 0 Å². The molecule has 0 aromatic carbocycles. The normalized spacial score (nSPS) is 33.7. The Balaban J connectivity index is 2.80. The molecule has 4 atom stereocenters. The maximum Gasteiger partial charge on any atom is -0.0178 e. The molecule has 1 rings (SSSR count). The van der Waals surface area contributed by atoms with Gasteiger partial charge in [-0.05, 0) is 55.3 Å². The van der Waals surface area contributed by atoms with Gasteiger partial charge in [0.2, 0.25) is 0 Å². The van der Waals surface area contributed by atoms with Crippen LogP contribution in [0.1, 0.15) is 74.1 Å². The molecule has 1 aliphatic carbocycles. The van der Waals surface area contributed by atoms with Crippen LogP contribution in [0.25, 0.3) is 0 Å². The highest BCUT2D eigenvalue weighted by molar-refractivity contribution is 5.12. The van der Waals surface area contributed by atoms with Gasteiger partial charge in [-0.1, -0.05) is 59.6 Å². The molecular weight excluding hydrogens is 216 g/mol. The maximum atomic E-state index is 2.48. The fourth-order valence-corrected chi connectivity index (χ4v) is 3.75. The number of allylic oxidation sites excluding steroid dienone is 2. The third-order valence-electron chi connectivity index (χ3n) is 5.38. The van der Waals surface area contributed by atoms with Crippen molar-refractivity contribution in [2.24, 2.45) is 29.1 Å². The van der Waals surface area contributed by atoms with E-state index in [0.29, 0.717) is 5.41 Å². The summed E-state index contributed by atoms with van der Waals surface area (Å²) in [5, 5.41) is 0. The fourth-order valence-electron chi connectivity index (χ4n) is 3.75. The van der Waals surface area contributed by atoms with Crippen molar-refractivity contribution in [2.75, 3.05) is 0 Å². The Kier molecular flexibility index (Phi) is 5.49. The molecule has 0 aromatic heterocycles. The van der Waals surface area contributed by atoms with Crippen LogP contribution in [-0.2, 0) is 0 Å². The van der Waals surface area contributed by atoms with Crippen LogP contribution in [0.5, 0.6) is 0 Å². The van der Waals surface area contributed by atoms with Gasteiger partial charge in [0, 0.05) is 0 Å². The van der Waals surface area contributed by atoms with Crippen LogP contribution in [0.2, 0.25) is 0 Å². The van der Waals surface area contributed by atoms with Gasteiger partial charge >= 0.3 is 0 Å². The highest BCUT2D eigenvalue weighted by Crippen LogP contribution is 2.46. The van der Waals surface area contributed by atoms with E-state index in [1.807, 2.05) is 0 Å². The lowest BCUT2D eigenvalue weighted by molar-refractivity contribution is 0.118. The lowest BCUT2D eigenvalue weighted by atomic mass is 9.62. The van der Waals surface area contributed by atoms with Gasteiger partial charge in [-0.25, -0.2) is 0 Å². The lowest BCUT2D eigenvalue weighted by Crippen LogP contribution is -2.33. The average Bonchev–Trinajstić information content (AvgIpc) is 2.29. The largest absolute Gasteiger partial charge is 0.0882 e. The zero-order chi connectivity index (χ0) is 13.9. The predicted octanol–water partition coefficient (Wildman–Crippen LogP) is 6.08. The smallest absolute Gasteiger partial charge is 0.0178 e. The lowest BCUT2D eigenvalue weighted by Gasteiger charge is -2.43. The summed E-state index contributed by atoms with van der Waals surface area (Å²) in [5.41, 5.74) is 2.19. The van der Waals surface area contributed by atoms with Crippen molar-refractivity contribution in [3.05, 3.63) is 11.6 Å². The molecule has 0 nitrogen and oxygen atoms in total. The summed E-state index contributed by atoms with van der Waals surface area (Å²) in [5.74, 6) is 3.44. The molecule has 1 fully saturated rings. The van der Waals surface area contributed by atoms with Crippen LogP contribution < -0.4 is 0 Å². The monoisotopic (exact) mass is 250 g/mol. The predicted molar refractivity (Wildman–Crippen MR) is 82.7 cm³/mol. The first-order valence-electron chi connectivity index (χ1n) is 7.96. The van der Waals surface area contributed by atoms with E-state index in [4.69, 9.17) is 0 Å². The Bertz CT molecular complexity index is 279. The first kappa shape index (κ1) is 15.8. The summed E-state index contributed by atoms with van der Waals surface area (Å²) in [7, 11) is 0. The summed E-state index contributed by atoms with van der Waals surface area (Å²) >= 11 is 0. The second-order valence-corrected chi connectivity index (χ2v) is 7.59. The second kappa shape index (κ2) is 6.26. The van der Waals surface area contributed by atoms with E-state index in [2.05, 4.69) is 54.5 Å². The van der Waals surface area contributed by atoms with Gasteiger partial charge in [0.25, 0.3) is 0 Å². The van der Waals surface area contributed by atoms with E-state index < -0.39 is 0 Å². The van der Waals surface area contributed by atoms with E-state index in [0.717, 1.165) is 23.7 Å². The topological polar surface area (TPSA) is 0 Å². The molecule has 0 aliphatic heterocycles.